The van der Waals surface area contributed by atoms with Crippen molar-refractivity contribution in [3.8, 4) is 0 Å². The number of imide groups is 1. The van der Waals surface area contributed by atoms with E-state index in [1.54, 1.807) is 0 Å². The topological polar surface area (TPSA) is 74.4 Å². The molecular formula is C22H40N4O4. The van der Waals surface area contributed by atoms with Crippen molar-refractivity contribution in [2.75, 3.05) is 60.5 Å². The number of rotatable bonds is 7. The summed E-state index contributed by atoms with van der Waals surface area (Å²) >= 11 is 0. The van der Waals surface area contributed by atoms with Gasteiger partial charge in [0.05, 0.1) is 19.1 Å². The second-order valence-electron chi connectivity index (χ2n) is 9.43. The molecule has 0 aromatic carbocycles. The number of carbonyl (C=O) groups is 2. The highest BCUT2D eigenvalue weighted by atomic mass is 16.7. The Balaban J connectivity index is 1.65. The fraction of sp³-hybridized carbons (Fsp3) is 0.909. The maximum absolute atomic E-state index is 13.4. The van der Waals surface area contributed by atoms with Crippen LogP contribution in [0.25, 0.3) is 0 Å². The summed E-state index contributed by atoms with van der Waals surface area (Å²) in [6.45, 7) is 5.87. The number of hydrogen-bond acceptors (Lipinski definition) is 6. The zero-order valence-corrected chi connectivity index (χ0v) is 19.2. The van der Waals surface area contributed by atoms with Crippen LogP contribution in [-0.4, -0.2) is 99.0 Å². The fourth-order valence-corrected chi connectivity index (χ4v) is 5.25. The summed E-state index contributed by atoms with van der Waals surface area (Å²) in [5, 5.41) is 2.92. The van der Waals surface area contributed by atoms with E-state index in [4.69, 9.17) is 9.47 Å². The van der Waals surface area contributed by atoms with Gasteiger partial charge in [-0.3, -0.25) is 9.69 Å². The van der Waals surface area contributed by atoms with E-state index in [2.05, 4.69) is 24.2 Å². The second-order valence-corrected chi connectivity index (χ2v) is 9.43. The SMILES string of the molecule is CCCCN(C(=O)NCCN(C)C)C(=O)[C@@H]1C[C@@H]2CC3(CC[C@H]2N(C)C1)OCCO3. The van der Waals surface area contributed by atoms with Crippen LogP contribution in [0.5, 0.6) is 0 Å². The van der Waals surface area contributed by atoms with Crippen LogP contribution >= 0.6 is 0 Å². The number of likely N-dealkylation sites (N-methyl/N-ethyl adjacent to an activating group) is 1. The largest absolute Gasteiger partial charge is 0.348 e. The monoisotopic (exact) mass is 424 g/mol. The summed E-state index contributed by atoms with van der Waals surface area (Å²) in [5.74, 6) is -0.291. The van der Waals surface area contributed by atoms with Gasteiger partial charge in [-0.15, -0.1) is 0 Å². The first-order valence-electron chi connectivity index (χ1n) is 11.6. The highest BCUT2D eigenvalue weighted by Crippen LogP contribution is 2.45. The van der Waals surface area contributed by atoms with Gasteiger partial charge < -0.3 is 24.6 Å². The highest BCUT2D eigenvalue weighted by Gasteiger charge is 2.49. The third kappa shape index (κ3) is 5.52. The Kier molecular flexibility index (Phi) is 8.12. The molecule has 0 aromatic rings. The molecule has 3 amide bonds. The van der Waals surface area contributed by atoms with Gasteiger partial charge in [-0.1, -0.05) is 13.3 Å². The van der Waals surface area contributed by atoms with Gasteiger partial charge in [0, 0.05) is 45.1 Å². The lowest BCUT2D eigenvalue weighted by Gasteiger charge is -2.49. The molecule has 3 atom stereocenters. The summed E-state index contributed by atoms with van der Waals surface area (Å²) < 4.78 is 11.9. The Morgan fingerprint density at radius 2 is 1.93 bits per heavy atom. The molecule has 3 fully saturated rings. The van der Waals surface area contributed by atoms with Crippen molar-refractivity contribution >= 4 is 11.9 Å². The fourth-order valence-electron chi connectivity index (χ4n) is 5.25. The molecule has 0 unspecified atom stereocenters. The molecule has 1 aliphatic carbocycles. The average molecular weight is 425 g/mol. The van der Waals surface area contributed by atoms with Crippen LogP contribution in [0.1, 0.15) is 45.4 Å². The number of urea groups is 1. The third-order valence-corrected chi connectivity index (χ3v) is 6.84. The van der Waals surface area contributed by atoms with Gasteiger partial charge >= 0.3 is 6.03 Å². The number of nitrogens with zero attached hydrogens (tertiary/aromatic N) is 3. The minimum atomic E-state index is -0.446. The van der Waals surface area contributed by atoms with E-state index >= 15 is 0 Å². The maximum atomic E-state index is 13.4. The van der Waals surface area contributed by atoms with E-state index < -0.39 is 5.79 Å². The molecule has 1 saturated carbocycles. The van der Waals surface area contributed by atoms with E-state index in [0.717, 1.165) is 45.1 Å². The number of ether oxygens (including phenoxy) is 2. The number of nitrogens with one attached hydrogen (secondary N) is 1. The average Bonchev–Trinajstić information content (AvgIpc) is 3.14. The van der Waals surface area contributed by atoms with Crippen molar-refractivity contribution in [1.82, 2.24) is 20.0 Å². The quantitative estimate of drug-likeness (QED) is 0.671. The van der Waals surface area contributed by atoms with Crippen LogP contribution in [0, 0.1) is 11.8 Å². The number of unbranched alkanes of at least 4 members (excludes halogenated alkanes) is 1. The predicted octanol–water partition coefficient (Wildman–Crippen LogP) is 1.75. The second kappa shape index (κ2) is 10.4. The first kappa shape index (κ1) is 23.4. The molecule has 0 aromatic heterocycles. The van der Waals surface area contributed by atoms with Crippen molar-refractivity contribution in [2.45, 2.75) is 57.3 Å². The van der Waals surface area contributed by atoms with Crippen molar-refractivity contribution < 1.29 is 19.1 Å². The Labute approximate surface area is 181 Å². The number of likely N-dealkylation sites (tertiary alicyclic amines) is 1. The zero-order chi connectivity index (χ0) is 21.7. The van der Waals surface area contributed by atoms with Crippen molar-refractivity contribution in [2.24, 2.45) is 11.8 Å². The Morgan fingerprint density at radius 1 is 1.20 bits per heavy atom. The molecule has 3 rings (SSSR count). The predicted molar refractivity (Wildman–Crippen MR) is 115 cm³/mol. The number of hydrogen-bond donors (Lipinski definition) is 1. The standard InChI is InChI=1S/C22H40N4O4/c1-5-6-10-26(21(28)23-9-11-24(2)3)20(27)18-14-17-15-22(29-12-13-30-22)8-7-19(17)25(4)16-18/h17-19H,5-16H2,1-4H3,(H,23,28)/t17-,18-,19-/m1/s1. The molecule has 8 nitrogen and oxygen atoms in total. The summed E-state index contributed by atoms with van der Waals surface area (Å²) in [5.41, 5.74) is 0. The molecule has 0 radical (unpaired) electrons. The molecule has 172 valence electrons. The van der Waals surface area contributed by atoms with Crippen LogP contribution in [0.2, 0.25) is 0 Å². The first-order valence-corrected chi connectivity index (χ1v) is 11.6. The first-order chi connectivity index (χ1) is 14.3. The molecule has 0 bridgehead atoms. The molecular weight excluding hydrogens is 384 g/mol. The van der Waals surface area contributed by atoms with Crippen molar-refractivity contribution in [1.29, 1.82) is 0 Å². The van der Waals surface area contributed by atoms with Gasteiger partial charge in [0.25, 0.3) is 0 Å². The van der Waals surface area contributed by atoms with Gasteiger partial charge in [0.1, 0.15) is 0 Å². The van der Waals surface area contributed by atoms with Crippen LogP contribution in [0.3, 0.4) is 0 Å². The molecule has 2 aliphatic heterocycles. The molecule has 3 aliphatic rings. The Bertz CT molecular complexity index is 594. The van der Waals surface area contributed by atoms with Gasteiger partial charge in [-0.05, 0) is 46.3 Å². The van der Waals surface area contributed by atoms with Crippen LogP contribution < -0.4 is 5.32 Å². The minimum Gasteiger partial charge on any atom is -0.348 e. The molecule has 30 heavy (non-hydrogen) atoms. The van der Waals surface area contributed by atoms with Crippen molar-refractivity contribution in [3.05, 3.63) is 0 Å². The van der Waals surface area contributed by atoms with Gasteiger partial charge in [0.2, 0.25) is 5.91 Å². The lowest BCUT2D eigenvalue weighted by atomic mass is 9.72. The van der Waals surface area contributed by atoms with E-state index in [1.165, 1.54) is 4.90 Å². The van der Waals surface area contributed by atoms with Crippen molar-refractivity contribution in [3.63, 3.8) is 0 Å². The van der Waals surface area contributed by atoms with Gasteiger partial charge in [0.15, 0.2) is 5.79 Å². The smallest absolute Gasteiger partial charge is 0.324 e. The normalized spacial score (nSPS) is 28.5. The Hall–Kier alpha value is -1.22. The molecule has 2 saturated heterocycles. The van der Waals surface area contributed by atoms with E-state index in [-0.39, 0.29) is 17.9 Å². The molecule has 2 heterocycles. The van der Waals surface area contributed by atoms with Gasteiger partial charge in [-0.2, -0.15) is 0 Å². The summed E-state index contributed by atoms with van der Waals surface area (Å²) in [4.78, 5) is 32.0. The number of piperidine rings is 1. The van der Waals surface area contributed by atoms with Crippen LogP contribution in [-0.2, 0) is 14.3 Å². The molecule has 1 N–H and O–H groups in total. The van der Waals surface area contributed by atoms with E-state index in [1.807, 2.05) is 19.0 Å². The maximum Gasteiger partial charge on any atom is 0.324 e. The summed E-state index contributed by atoms with van der Waals surface area (Å²) in [6.07, 6.45) is 5.37. The summed E-state index contributed by atoms with van der Waals surface area (Å²) in [6, 6.07) is 0.202. The van der Waals surface area contributed by atoms with Crippen LogP contribution in [0.4, 0.5) is 4.79 Å². The summed E-state index contributed by atoms with van der Waals surface area (Å²) in [7, 11) is 6.04. The number of amides is 3. The Morgan fingerprint density at radius 3 is 2.60 bits per heavy atom. The minimum absolute atomic E-state index is 0.0380. The molecule has 8 heteroatoms. The van der Waals surface area contributed by atoms with Gasteiger partial charge in [-0.25, -0.2) is 4.79 Å². The van der Waals surface area contributed by atoms with E-state index in [9.17, 15) is 9.59 Å². The third-order valence-electron chi connectivity index (χ3n) is 6.84. The van der Waals surface area contributed by atoms with E-state index in [0.29, 0.717) is 44.8 Å². The zero-order valence-electron chi connectivity index (χ0n) is 19.2. The highest BCUT2D eigenvalue weighted by molar-refractivity contribution is 5.95. The molecule has 1 spiro atoms. The lowest BCUT2D eigenvalue weighted by Crippen LogP contribution is -2.57. The lowest BCUT2D eigenvalue weighted by molar-refractivity contribution is -0.202. The van der Waals surface area contributed by atoms with Crippen LogP contribution in [0.15, 0.2) is 0 Å². The number of carbonyl (C=O) groups excluding carboxylic acids is 2. The number of fused-ring (bicyclic) bond motifs is 1.